The Morgan fingerprint density at radius 3 is 2.36 bits per heavy atom. The summed E-state index contributed by atoms with van der Waals surface area (Å²) in [5.41, 5.74) is -1.28. The van der Waals surface area contributed by atoms with Gasteiger partial charge in [0, 0.05) is 0 Å². The van der Waals surface area contributed by atoms with Gasteiger partial charge in [-0.25, -0.2) is 0 Å². The highest BCUT2D eigenvalue weighted by Gasteiger charge is 2.48. The number of aliphatic hydroxyl groups excluding tert-OH is 2. The van der Waals surface area contributed by atoms with Crippen LogP contribution in [0.25, 0.3) is 0 Å². The van der Waals surface area contributed by atoms with Crippen LogP contribution in [-0.2, 0) is 0 Å². The molecule has 4 atom stereocenters. The molecule has 1 heterocycles. The second-order valence-corrected chi connectivity index (χ2v) is 4.33. The first-order valence-corrected chi connectivity index (χ1v) is 4.36. The third-order valence-corrected chi connectivity index (χ3v) is 3.56. The van der Waals surface area contributed by atoms with Crippen molar-refractivity contribution in [2.75, 3.05) is 6.61 Å². The van der Waals surface area contributed by atoms with Crippen LogP contribution in [0.4, 0.5) is 0 Å². The van der Waals surface area contributed by atoms with E-state index in [4.69, 9.17) is 13.0 Å². The molecule has 3 N–H and O–H groups in total. The van der Waals surface area contributed by atoms with Crippen molar-refractivity contribution in [3.63, 3.8) is 0 Å². The van der Waals surface area contributed by atoms with Crippen LogP contribution < -0.4 is 0 Å². The van der Waals surface area contributed by atoms with Crippen molar-refractivity contribution in [1.29, 1.82) is 0 Å². The van der Waals surface area contributed by atoms with Gasteiger partial charge in [0.25, 0.3) is 0 Å². The molecule has 0 saturated carbocycles. The number of hydrogen-bond acceptors (Lipinski definition) is 4. The van der Waals surface area contributed by atoms with Gasteiger partial charge in [-0.15, -0.1) is 0 Å². The fourth-order valence-corrected chi connectivity index (χ4v) is 2.39. The molecule has 0 aromatic rings. The van der Waals surface area contributed by atoms with E-state index in [1.54, 1.807) is 0 Å². The average molecular weight is 174 g/mol. The second kappa shape index (κ2) is 2.97. The molecule has 1 aliphatic rings. The first kappa shape index (κ1) is 9.38. The summed E-state index contributed by atoms with van der Waals surface area (Å²) in [6.07, 6.45) is -0.938. The zero-order chi connectivity index (χ0) is 8.65. The van der Waals surface area contributed by atoms with E-state index in [-0.39, 0.29) is 11.9 Å². The van der Waals surface area contributed by atoms with Crippen molar-refractivity contribution in [3.05, 3.63) is 0 Å². The van der Waals surface area contributed by atoms with Crippen molar-refractivity contribution >= 4 is 19.6 Å². The van der Waals surface area contributed by atoms with E-state index < -0.39 is 16.9 Å². The van der Waals surface area contributed by atoms with E-state index in [0.29, 0.717) is 0 Å². The summed E-state index contributed by atoms with van der Waals surface area (Å²) < 4.78 is 0. The Labute approximate surface area is 71.2 Å². The van der Waals surface area contributed by atoms with E-state index in [0.717, 1.165) is 0 Å². The Kier molecular flexibility index (Phi) is 2.54. The van der Waals surface area contributed by atoms with E-state index in [9.17, 15) is 10.2 Å². The van der Waals surface area contributed by atoms with Gasteiger partial charge in [0.15, 0.2) is 0 Å². The zero-order valence-corrected chi connectivity index (χ0v) is 7.08. The summed E-state index contributed by atoms with van der Waals surface area (Å²) >= 11 is 1.21. The maximum absolute atomic E-state index is 9.53. The topological polar surface area (TPSA) is 60.7 Å². The van der Waals surface area contributed by atoms with E-state index in [1.807, 2.05) is 0 Å². The van der Waals surface area contributed by atoms with Gasteiger partial charge < -0.3 is 15.3 Å². The summed E-state index contributed by atoms with van der Waals surface area (Å²) in [6.45, 7) is 1.32. The lowest BCUT2D eigenvalue weighted by molar-refractivity contribution is -0.0465. The van der Waals surface area contributed by atoms with Crippen LogP contribution >= 0.6 is 11.8 Å². The molecule has 2 radical (unpaired) electrons. The summed E-state index contributed by atoms with van der Waals surface area (Å²) in [5.74, 6) is 0. The number of hydrogen-bond donors (Lipinski definition) is 3. The molecule has 0 bridgehead atoms. The molecule has 1 saturated heterocycles. The molecule has 1 fully saturated rings. The van der Waals surface area contributed by atoms with Crippen LogP contribution in [-0.4, -0.2) is 51.9 Å². The molecule has 62 valence electrons. The molecule has 0 unspecified atom stereocenters. The molecular weight excluding hydrogens is 163 g/mol. The van der Waals surface area contributed by atoms with E-state index >= 15 is 0 Å². The van der Waals surface area contributed by atoms with Crippen molar-refractivity contribution in [2.45, 2.75) is 29.0 Å². The summed E-state index contributed by atoms with van der Waals surface area (Å²) in [5, 5.41) is 26.8. The van der Waals surface area contributed by atoms with Gasteiger partial charge in [0.05, 0.1) is 31.4 Å². The lowest BCUT2D eigenvalue weighted by atomic mass is 9.83. The van der Waals surface area contributed by atoms with Crippen molar-refractivity contribution in [1.82, 2.24) is 0 Å². The maximum Gasteiger partial charge on any atom is 0.0967 e. The SMILES string of the molecule is [B][C@@H]1S[C@H](CO)[C@@H](O)[C@@]1(C)O. The smallest absolute Gasteiger partial charge is 0.0967 e. The largest absolute Gasteiger partial charge is 0.395 e. The van der Waals surface area contributed by atoms with Gasteiger partial charge in [-0.3, -0.25) is 0 Å². The fraction of sp³-hybridized carbons (Fsp3) is 1.00. The molecule has 0 spiro atoms. The van der Waals surface area contributed by atoms with Gasteiger partial charge in [-0.2, -0.15) is 11.8 Å². The summed E-state index contributed by atoms with van der Waals surface area (Å²) in [7, 11) is 5.51. The minimum Gasteiger partial charge on any atom is -0.395 e. The van der Waals surface area contributed by atoms with Crippen LogP contribution in [0.15, 0.2) is 0 Å². The third-order valence-electron chi connectivity index (χ3n) is 2.03. The van der Waals surface area contributed by atoms with Crippen LogP contribution in [0, 0.1) is 0 Å². The highest BCUT2D eigenvalue weighted by Crippen LogP contribution is 2.39. The van der Waals surface area contributed by atoms with Gasteiger partial charge in [-0.1, -0.05) is 0 Å². The quantitative estimate of drug-likeness (QED) is 0.432. The number of thioether (sulfide) groups is 1. The molecule has 0 amide bonds. The van der Waals surface area contributed by atoms with Gasteiger partial charge in [0.1, 0.15) is 0 Å². The van der Waals surface area contributed by atoms with Crippen LogP contribution in [0.3, 0.4) is 0 Å². The third kappa shape index (κ3) is 1.43. The first-order valence-electron chi connectivity index (χ1n) is 3.42. The molecular formula is C6H11BO3S. The van der Waals surface area contributed by atoms with Gasteiger partial charge >= 0.3 is 0 Å². The summed E-state index contributed by atoms with van der Waals surface area (Å²) in [6, 6.07) is 0. The van der Waals surface area contributed by atoms with E-state index in [1.165, 1.54) is 18.7 Å². The lowest BCUT2D eigenvalue weighted by Crippen LogP contribution is -2.45. The fourth-order valence-electron chi connectivity index (χ4n) is 1.09. The molecule has 0 aromatic carbocycles. The minimum atomic E-state index is -1.28. The lowest BCUT2D eigenvalue weighted by Gasteiger charge is -2.25. The molecule has 1 rings (SSSR count). The normalized spacial score (nSPS) is 51.5. The Bertz CT molecular complexity index is 153. The first-order chi connectivity index (χ1) is 5.00. The minimum absolute atomic E-state index is 0.157. The molecule has 3 nitrogen and oxygen atoms in total. The second-order valence-electron chi connectivity index (χ2n) is 2.95. The molecule has 5 heteroatoms. The van der Waals surface area contributed by atoms with Gasteiger partial charge in [-0.05, 0) is 12.1 Å². The Morgan fingerprint density at radius 1 is 1.64 bits per heavy atom. The average Bonchev–Trinajstić information content (AvgIpc) is 2.14. The predicted molar refractivity (Wildman–Crippen MR) is 44.6 cm³/mol. The van der Waals surface area contributed by atoms with Crippen LogP contribution in [0.2, 0.25) is 0 Å². The Hall–Kier alpha value is 0.295. The van der Waals surface area contributed by atoms with Crippen molar-refractivity contribution < 1.29 is 15.3 Å². The van der Waals surface area contributed by atoms with E-state index in [2.05, 4.69) is 0 Å². The zero-order valence-electron chi connectivity index (χ0n) is 6.27. The monoisotopic (exact) mass is 174 g/mol. The van der Waals surface area contributed by atoms with Crippen LogP contribution in [0.5, 0.6) is 0 Å². The molecule has 0 aliphatic carbocycles. The number of aliphatic hydroxyl groups is 3. The van der Waals surface area contributed by atoms with Crippen LogP contribution in [0.1, 0.15) is 6.92 Å². The predicted octanol–water partition coefficient (Wildman–Crippen LogP) is -1.30. The molecule has 0 aromatic heterocycles. The van der Waals surface area contributed by atoms with Gasteiger partial charge in [0.2, 0.25) is 0 Å². The standard InChI is InChI=1S/C6H11BO3S/c1-6(10)4(9)3(2-8)11-5(6)7/h3-5,8-10H,2H2,1H3/t3-,4-,5-,6-/m1/s1. The highest BCUT2D eigenvalue weighted by molar-refractivity contribution is 8.02. The van der Waals surface area contributed by atoms with Crippen molar-refractivity contribution in [2.24, 2.45) is 0 Å². The Morgan fingerprint density at radius 2 is 2.18 bits per heavy atom. The maximum atomic E-state index is 9.53. The highest BCUT2D eigenvalue weighted by atomic mass is 32.2. The Balaban J connectivity index is 2.71. The number of rotatable bonds is 1. The molecule has 11 heavy (non-hydrogen) atoms. The summed E-state index contributed by atoms with van der Waals surface area (Å²) in [4.78, 5) is 0. The van der Waals surface area contributed by atoms with Crippen molar-refractivity contribution in [3.8, 4) is 0 Å². The molecule has 1 aliphatic heterocycles.